The van der Waals surface area contributed by atoms with Gasteiger partial charge in [-0.1, -0.05) is 31.2 Å². The second-order valence-electron chi connectivity index (χ2n) is 6.64. The summed E-state index contributed by atoms with van der Waals surface area (Å²) >= 11 is 1.05. The third-order valence-electron chi connectivity index (χ3n) is 4.62. The third kappa shape index (κ3) is 5.19. The van der Waals surface area contributed by atoms with Crippen molar-refractivity contribution in [1.29, 1.82) is 5.26 Å². The fourth-order valence-corrected chi connectivity index (χ4v) is 3.92. The largest absolute Gasteiger partial charge is 0.478 e. The predicted molar refractivity (Wildman–Crippen MR) is 114 cm³/mol. The van der Waals surface area contributed by atoms with Crippen LogP contribution in [0.3, 0.4) is 0 Å². The lowest BCUT2D eigenvalue weighted by molar-refractivity contribution is -0.137. The van der Waals surface area contributed by atoms with Crippen molar-refractivity contribution >= 4 is 23.6 Å². The Kier molecular flexibility index (Phi) is 6.56. The van der Waals surface area contributed by atoms with Crippen molar-refractivity contribution in [3.8, 4) is 17.2 Å². The number of alkyl halides is 3. The molecule has 0 amide bonds. The van der Waals surface area contributed by atoms with Crippen molar-refractivity contribution in [2.24, 2.45) is 0 Å². The third-order valence-corrected chi connectivity index (χ3v) is 5.54. The number of aromatic carboxylic acids is 1. The zero-order chi connectivity index (χ0) is 22.6. The molecule has 0 saturated heterocycles. The van der Waals surface area contributed by atoms with Crippen LogP contribution >= 0.6 is 11.9 Å². The first-order valence-electron chi connectivity index (χ1n) is 9.23. The van der Waals surface area contributed by atoms with E-state index in [9.17, 15) is 23.1 Å². The van der Waals surface area contributed by atoms with E-state index in [1.807, 2.05) is 13.0 Å². The van der Waals surface area contributed by atoms with Gasteiger partial charge in [-0.25, -0.2) is 4.79 Å². The van der Waals surface area contributed by atoms with Crippen molar-refractivity contribution in [2.75, 3.05) is 4.72 Å². The number of carboxylic acid groups (broad SMARTS) is 1. The number of hydrogen-bond acceptors (Lipinski definition) is 4. The standard InChI is InChI=1S/C23H17F3N2O2S/c1-2-15-6-7-17(22(29)30)11-21(15)31-28-20-12-18(23(24,25)26)8-9-19(20)16-5-3-4-14(10-16)13-27/h3-12,28H,2H2,1H3,(H,29,30). The number of anilines is 1. The Morgan fingerprint density at radius 3 is 2.55 bits per heavy atom. The molecule has 2 N–H and O–H groups in total. The van der Waals surface area contributed by atoms with E-state index in [4.69, 9.17) is 5.26 Å². The Morgan fingerprint density at radius 1 is 1.13 bits per heavy atom. The van der Waals surface area contributed by atoms with Crippen LogP contribution in [0.5, 0.6) is 0 Å². The summed E-state index contributed by atoms with van der Waals surface area (Å²) in [6.07, 6.45) is -3.89. The van der Waals surface area contributed by atoms with Crippen LogP contribution in [-0.2, 0) is 12.6 Å². The summed E-state index contributed by atoms with van der Waals surface area (Å²) in [4.78, 5) is 11.9. The highest BCUT2D eigenvalue weighted by molar-refractivity contribution is 8.00. The van der Waals surface area contributed by atoms with E-state index in [-0.39, 0.29) is 11.3 Å². The molecule has 3 aromatic carbocycles. The normalized spacial score (nSPS) is 11.1. The molecule has 0 aliphatic rings. The summed E-state index contributed by atoms with van der Waals surface area (Å²) in [5.41, 5.74) is 1.81. The molecule has 0 spiro atoms. The Labute approximate surface area is 181 Å². The van der Waals surface area contributed by atoms with E-state index in [0.29, 0.717) is 28.0 Å². The Balaban J connectivity index is 2.04. The summed E-state index contributed by atoms with van der Waals surface area (Å²) in [6.45, 7) is 1.91. The molecule has 0 unspecified atom stereocenters. The lowest BCUT2D eigenvalue weighted by Crippen LogP contribution is -2.06. The quantitative estimate of drug-likeness (QED) is 0.420. The lowest BCUT2D eigenvalue weighted by atomic mass is 10.00. The molecule has 31 heavy (non-hydrogen) atoms. The van der Waals surface area contributed by atoms with Crippen LogP contribution in [0, 0.1) is 11.3 Å². The summed E-state index contributed by atoms with van der Waals surface area (Å²) < 4.78 is 42.9. The molecule has 4 nitrogen and oxygen atoms in total. The van der Waals surface area contributed by atoms with E-state index in [1.54, 1.807) is 30.3 Å². The van der Waals surface area contributed by atoms with Gasteiger partial charge in [0.1, 0.15) is 0 Å². The molecule has 158 valence electrons. The molecule has 0 heterocycles. The molecule has 8 heteroatoms. The molecule has 0 bridgehead atoms. The zero-order valence-electron chi connectivity index (χ0n) is 16.3. The Bertz CT molecular complexity index is 1170. The first-order chi connectivity index (χ1) is 14.7. The highest BCUT2D eigenvalue weighted by atomic mass is 32.2. The van der Waals surface area contributed by atoms with E-state index < -0.39 is 17.7 Å². The number of rotatable bonds is 6. The first-order valence-corrected chi connectivity index (χ1v) is 10.1. The molecule has 0 fully saturated rings. The van der Waals surface area contributed by atoms with Crippen LogP contribution in [0.25, 0.3) is 11.1 Å². The summed E-state index contributed by atoms with van der Waals surface area (Å²) in [7, 11) is 0. The minimum atomic E-state index is -4.52. The topological polar surface area (TPSA) is 73.1 Å². The van der Waals surface area contributed by atoms with E-state index in [0.717, 1.165) is 29.6 Å². The molecule has 3 rings (SSSR count). The number of carboxylic acids is 1. The van der Waals surface area contributed by atoms with E-state index in [2.05, 4.69) is 4.72 Å². The highest BCUT2D eigenvalue weighted by Gasteiger charge is 2.31. The minimum absolute atomic E-state index is 0.0903. The molecule has 0 aliphatic carbocycles. The van der Waals surface area contributed by atoms with Crippen LogP contribution in [0.15, 0.2) is 65.6 Å². The van der Waals surface area contributed by atoms with Crippen molar-refractivity contribution in [1.82, 2.24) is 0 Å². The van der Waals surface area contributed by atoms with Gasteiger partial charge in [0.2, 0.25) is 0 Å². The van der Waals surface area contributed by atoms with Crippen LogP contribution in [0.1, 0.15) is 34.0 Å². The molecular weight excluding hydrogens is 425 g/mol. The molecule has 0 atom stereocenters. The van der Waals surface area contributed by atoms with Gasteiger partial charge < -0.3 is 9.83 Å². The number of aryl methyl sites for hydroxylation is 1. The smallest absolute Gasteiger partial charge is 0.416 e. The fraction of sp³-hybridized carbons (Fsp3) is 0.130. The van der Waals surface area contributed by atoms with Crippen molar-refractivity contribution in [2.45, 2.75) is 24.4 Å². The maximum Gasteiger partial charge on any atom is 0.416 e. The summed E-state index contributed by atoms with van der Waals surface area (Å²) in [5, 5.41) is 18.4. The Hall–Kier alpha value is -3.44. The Morgan fingerprint density at radius 2 is 1.90 bits per heavy atom. The fourth-order valence-electron chi connectivity index (χ4n) is 3.00. The number of hydrogen-bond donors (Lipinski definition) is 2. The number of nitriles is 1. The maximum absolute atomic E-state index is 13.3. The molecule has 0 aliphatic heterocycles. The van der Waals surface area contributed by atoms with Gasteiger partial charge in [-0.2, -0.15) is 18.4 Å². The number of benzene rings is 3. The van der Waals surface area contributed by atoms with E-state index >= 15 is 0 Å². The highest BCUT2D eigenvalue weighted by Crippen LogP contribution is 2.38. The average Bonchev–Trinajstić information content (AvgIpc) is 2.76. The average molecular weight is 442 g/mol. The van der Waals surface area contributed by atoms with Crippen LogP contribution in [-0.4, -0.2) is 11.1 Å². The zero-order valence-corrected chi connectivity index (χ0v) is 17.1. The number of nitrogens with zero attached hydrogens (tertiary/aromatic N) is 1. The summed E-state index contributed by atoms with van der Waals surface area (Å²) in [6, 6.07) is 16.6. The van der Waals surface area contributed by atoms with Crippen LogP contribution in [0.2, 0.25) is 0 Å². The van der Waals surface area contributed by atoms with Gasteiger partial charge in [0, 0.05) is 10.5 Å². The second-order valence-corrected chi connectivity index (χ2v) is 7.48. The molecular formula is C23H17F3N2O2S. The van der Waals surface area contributed by atoms with Crippen molar-refractivity contribution in [3.05, 3.63) is 82.9 Å². The van der Waals surface area contributed by atoms with Gasteiger partial charge in [0.05, 0.1) is 28.4 Å². The van der Waals surface area contributed by atoms with Crippen molar-refractivity contribution in [3.63, 3.8) is 0 Å². The first kappa shape index (κ1) is 22.2. The number of carbonyl (C=O) groups is 1. The van der Waals surface area contributed by atoms with Gasteiger partial charge in [0.15, 0.2) is 0 Å². The van der Waals surface area contributed by atoms with Crippen LogP contribution < -0.4 is 4.72 Å². The molecule has 0 radical (unpaired) electrons. The van der Waals surface area contributed by atoms with Crippen molar-refractivity contribution < 1.29 is 23.1 Å². The van der Waals surface area contributed by atoms with Gasteiger partial charge in [-0.3, -0.25) is 0 Å². The monoisotopic (exact) mass is 442 g/mol. The van der Waals surface area contributed by atoms with Gasteiger partial charge in [-0.15, -0.1) is 0 Å². The van der Waals surface area contributed by atoms with E-state index in [1.165, 1.54) is 18.2 Å². The molecule has 3 aromatic rings. The minimum Gasteiger partial charge on any atom is -0.478 e. The number of nitrogens with one attached hydrogen (secondary N) is 1. The number of halogens is 3. The van der Waals surface area contributed by atoms with Gasteiger partial charge in [0.25, 0.3) is 0 Å². The SMILES string of the molecule is CCc1ccc(C(=O)O)cc1SNc1cc(C(F)(F)F)ccc1-c1cccc(C#N)c1. The summed E-state index contributed by atoms with van der Waals surface area (Å²) in [5.74, 6) is -1.09. The predicted octanol–water partition coefficient (Wildman–Crippen LogP) is 6.62. The van der Waals surface area contributed by atoms with Gasteiger partial charge in [-0.05, 0) is 65.9 Å². The van der Waals surface area contributed by atoms with Crippen LogP contribution in [0.4, 0.5) is 18.9 Å². The second kappa shape index (κ2) is 9.14. The molecule has 0 aromatic heterocycles. The molecule has 0 saturated carbocycles. The lowest BCUT2D eigenvalue weighted by Gasteiger charge is -2.16. The van der Waals surface area contributed by atoms with Gasteiger partial charge >= 0.3 is 12.1 Å². The maximum atomic E-state index is 13.3.